The summed E-state index contributed by atoms with van der Waals surface area (Å²) in [6.07, 6.45) is 0.763. The number of nitrogens with two attached hydrogens (primary N) is 2. The number of nitrogens with zero attached hydrogens (tertiary/aromatic N) is 1. The lowest BCUT2D eigenvalue weighted by Gasteiger charge is -2.07. The summed E-state index contributed by atoms with van der Waals surface area (Å²) in [6.45, 7) is 0. The molecule has 0 unspecified atom stereocenters. The SMILES string of the molecule is CS(=O)(=O)ON=C(N)NC(=O)c1cccc(-c2ccsc2S(N)(=O)=O)c1. The smallest absolute Gasteiger partial charge is 0.325 e. The first-order valence-corrected chi connectivity index (χ1v) is 11.0. The fourth-order valence-electron chi connectivity index (χ4n) is 1.88. The van der Waals surface area contributed by atoms with E-state index >= 15 is 0 Å². The summed E-state index contributed by atoms with van der Waals surface area (Å²) in [5, 5.41) is 11.9. The standard InChI is InChI=1S/C13H14N4O6S3/c1-25(19,20)23-17-13(14)16-11(18)9-4-2-3-8(7-9)10-5-6-24-12(10)26(15,21)22/h2-7H,1H3,(H2,15,21,22)(H3,14,16,17,18). The maximum absolute atomic E-state index is 12.2. The van der Waals surface area contributed by atoms with Crippen LogP contribution < -0.4 is 16.2 Å². The Morgan fingerprint density at radius 2 is 1.92 bits per heavy atom. The molecule has 140 valence electrons. The van der Waals surface area contributed by atoms with Gasteiger partial charge in [0.1, 0.15) is 4.21 Å². The topological polar surface area (TPSA) is 171 Å². The predicted octanol–water partition coefficient (Wildman–Crippen LogP) is -0.00180. The molecule has 1 heterocycles. The molecule has 0 aliphatic heterocycles. The van der Waals surface area contributed by atoms with Gasteiger partial charge in [-0.25, -0.2) is 13.6 Å². The number of sulfonamides is 1. The van der Waals surface area contributed by atoms with Crippen molar-refractivity contribution in [2.75, 3.05) is 6.26 Å². The first-order valence-electron chi connectivity index (χ1n) is 6.71. The van der Waals surface area contributed by atoms with Gasteiger partial charge in [-0.2, -0.15) is 8.42 Å². The van der Waals surface area contributed by atoms with Gasteiger partial charge >= 0.3 is 10.1 Å². The van der Waals surface area contributed by atoms with Gasteiger partial charge in [-0.1, -0.05) is 12.1 Å². The molecule has 10 nitrogen and oxygen atoms in total. The van der Waals surface area contributed by atoms with Gasteiger partial charge in [0.05, 0.1) is 6.26 Å². The fourth-order valence-corrected chi connectivity index (χ4v) is 3.93. The summed E-state index contributed by atoms with van der Waals surface area (Å²) >= 11 is 0.959. The van der Waals surface area contributed by atoms with E-state index in [1.54, 1.807) is 17.5 Å². The lowest BCUT2D eigenvalue weighted by molar-refractivity contribution is 0.0975. The van der Waals surface area contributed by atoms with Crippen LogP contribution in [0.2, 0.25) is 0 Å². The van der Waals surface area contributed by atoms with Crippen molar-refractivity contribution in [3.63, 3.8) is 0 Å². The monoisotopic (exact) mass is 418 g/mol. The molecule has 0 aliphatic rings. The summed E-state index contributed by atoms with van der Waals surface area (Å²) in [6, 6.07) is 7.59. The highest BCUT2D eigenvalue weighted by Gasteiger charge is 2.18. The summed E-state index contributed by atoms with van der Waals surface area (Å²) < 4.78 is 49.0. The number of thiophene rings is 1. The van der Waals surface area contributed by atoms with E-state index in [4.69, 9.17) is 10.9 Å². The van der Waals surface area contributed by atoms with Crippen LogP contribution in [0.3, 0.4) is 0 Å². The van der Waals surface area contributed by atoms with E-state index in [1.807, 2.05) is 0 Å². The van der Waals surface area contributed by atoms with Crippen LogP contribution in [-0.2, 0) is 24.4 Å². The number of nitrogens with one attached hydrogen (secondary N) is 1. The normalized spacial score (nSPS) is 12.6. The Bertz CT molecular complexity index is 1070. The van der Waals surface area contributed by atoms with Crippen molar-refractivity contribution in [1.82, 2.24) is 5.32 Å². The van der Waals surface area contributed by atoms with Crippen molar-refractivity contribution < 1.29 is 25.9 Å². The van der Waals surface area contributed by atoms with Gasteiger partial charge in [0.25, 0.3) is 5.91 Å². The molecule has 0 saturated heterocycles. The van der Waals surface area contributed by atoms with Crippen LogP contribution in [0.25, 0.3) is 11.1 Å². The van der Waals surface area contributed by atoms with E-state index in [2.05, 4.69) is 14.8 Å². The number of benzene rings is 1. The number of guanidine groups is 1. The second-order valence-electron chi connectivity index (χ2n) is 4.96. The molecule has 1 aromatic carbocycles. The molecule has 5 N–H and O–H groups in total. The van der Waals surface area contributed by atoms with E-state index in [1.165, 1.54) is 18.2 Å². The van der Waals surface area contributed by atoms with Crippen molar-refractivity contribution >= 4 is 43.3 Å². The van der Waals surface area contributed by atoms with E-state index in [9.17, 15) is 21.6 Å². The van der Waals surface area contributed by atoms with E-state index < -0.39 is 32.0 Å². The van der Waals surface area contributed by atoms with Crippen molar-refractivity contribution in [2.24, 2.45) is 16.0 Å². The van der Waals surface area contributed by atoms with Crippen LogP contribution in [0.4, 0.5) is 0 Å². The molecular formula is C13H14N4O6S3. The van der Waals surface area contributed by atoms with Gasteiger partial charge in [0.15, 0.2) is 0 Å². The second-order valence-corrected chi connectivity index (χ2v) is 9.19. The molecule has 1 amide bonds. The molecular weight excluding hydrogens is 404 g/mol. The quantitative estimate of drug-likeness (QED) is 0.348. The summed E-state index contributed by atoms with van der Waals surface area (Å²) in [4.78, 5) is 12.2. The molecule has 0 saturated carbocycles. The van der Waals surface area contributed by atoms with Gasteiger partial charge in [-0.15, -0.1) is 11.3 Å². The van der Waals surface area contributed by atoms with Crippen LogP contribution in [-0.4, -0.2) is 35.0 Å². The number of carbonyl (C=O) groups is 1. The van der Waals surface area contributed by atoms with Gasteiger partial charge in [-0.3, -0.25) is 14.4 Å². The van der Waals surface area contributed by atoms with Crippen LogP contribution in [0.1, 0.15) is 10.4 Å². The lowest BCUT2D eigenvalue weighted by atomic mass is 10.1. The average Bonchev–Trinajstić information content (AvgIpc) is 3.02. The molecule has 0 fully saturated rings. The van der Waals surface area contributed by atoms with E-state index in [0.717, 1.165) is 17.6 Å². The molecule has 13 heteroatoms. The van der Waals surface area contributed by atoms with Gasteiger partial charge in [0.2, 0.25) is 16.0 Å². The fraction of sp³-hybridized carbons (Fsp3) is 0.0769. The Morgan fingerprint density at radius 3 is 2.54 bits per heavy atom. The lowest BCUT2D eigenvalue weighted by Crippen LogP contribution is -2.37. The Balaban J connectivity index is 2.27. The summed E-state index contributed by atoms with van der Waals surface area (Å²) in [5.41, 5.74) is 6.30. The van der Waals surface area contributed by atoms with Crippen molar-refractivity contribution in [1.29, 1.82) is 0 Å². The molecule has 0 atom stereocenters. The molecule has 2 aromatic rings. The van der Waals surface area contributed by atoms with Gasteiger partial charge in [0, 0.05) is 11.1 Å². The minimum Gasteiger partial charge on any atom is -0.367 e. The molecule has 0 bridgehead atoms. The molecule has 2 rings (SSSR count). The van der Waals surface area contributed by atoms with Gasteiger partial charge in [-0.05, 0) is 34.3 Å². The third-order valence-corrected chi connectivity index (χ3v) is 5.61. The summed E-state index contributed by atoms with van der Waals surface area (Å²) in [7, 11) is -7.77. The number of hydrogen-bond donors (Lipinski definition) is 3. The molecule has 0 aliphatic carbocycles. The average molecular weight is 418 g/mol. The van der Waals surface area contributed by atoms with Crippen molar-refractivity contribution in [3.8, 4) is 11.1 Å². The third-order valence-electron chi connectivity index (χ3n) is 2.84. The van der Waals surface area contributed by atoms with Crippen LogP contribution in [0.5, 0.6) is 0 Å². The number of hydrogen-bond acceptors (Lipinski definition) is 8. The van der Waals surface area contributed by atoms with Crippen molar-refractivity contribution in [3.05, 3.63) is 41.3 Å². The Labute approximate surface area is 153 Å². The third kappa shape index (κ3) is 5.26. The minimum atomic E-state index is -3.91. The predicted molar refractivity (Wildman–Crippen MR) is 96.1 cm³/mol. The largest absolute Gasteiger partial charge is 0.367 e. The molecule has 1 aromatic heterocycles. The number of oxime groups is 1. The number of amides is 1. The maximum atomic E-state index is 12.2. The highest BCUT2D eigenvalue weighted by molar-refractivity contribution is 7.91. The Kier molecular flexibility index (Phi) is 5.65. The zero-order valence-electron chi connectivity index (χ0n) is 13.2. The summed E-state index contributed by atoms with van der Waals surface area (Å²) in [5.74, 6) is -1.26. The van der Waals surface area contributed by atoms with E-state index in [0.29, 0.717) is 11.1 Å². The molecule has 0 spiro atoms. The number of primary sulfonamides is 1. The Hall–Kier alpha value is -2.48. The van der Waals surface area contributed by atoms with Crippen LogP contribution >= 0.6 is 11.3 Å². The number of rotatable bonds is 5. The van der Waals surface area contributed by atoms with Gasteiger partial charge < -0.3 is 5.73 Å². The number of carbonyl (C=O) groups excluding carboxylic acids is 1. The van der Waals surface area contributed by atoms with E-state index in [-0.39, 0.29) is 9.77 Å². The first-order chi connectivity index (χ1) is 12.0. The van der Waals surface area contributed by atoms with Crippen LogP contribution in [0.15, 0.2) is 45.1 Å². The maximum Gasteiger partial charge on any atom is 0.325 e. The highest BCUT2D eigenvalue weighted by Crippen LogP contribution is 2.31. The van der Waals surface area contributed by atoms with Crippen LogP contribution in [0, 0.1) is 0 Å². The first kappa shape index (κ1) is 19.8. The zero-order chi connectivity index (χ0) is 19.5. The molecule has 26 heavy (non-hydrogen) atoms. The highest BCUT2D eigenvalue weighted by atomic mass is 32.2. The Morgan fingerprint density at radius 1 is 1.23 bits per heavy atom. The second kappa shape index (κ2) is 7.41. The molecule has 0 radical (unpaired) electrons. The van der Waals surface area contributed by atoms with Crippen molar-refractivity contribution in [2.45, 2.75) is 4.21 Å². The zero-order valence-corrected chi connectivity index (χ0v) is 15.7. The minimum absolute atomic E-state index is 0.0299.